The zero-order valence-corrected chi connectivity index (χ0v) is 28.8. The van der Waals surface area contributed by atoms with Gasteiger partial charge in [-0.15, -0.1) is 0 Å². The largest absolute Gasteiger partial charge is 0.478 e. The second kappa shape index (κ2) is 35.0. The Morgan fingerprint density at radius 1 is 0.419 bits per heavy atom. The van der Waals surface area contributed by atoms with Crippen molar-refractivity contribution in [3.8, 4) is 0 Å². The molecule has 5 heteroatoms. The molecule has 0 saturated carbocycles. The molecule has 0 bridgehead atoms. The molecule has 0 aromatic rings. The highest BCUT2D eigenvalue weighted by atomic mass is 16.6. The molecule has 0 aliphatic heterocycles. The summed E-state index contributed by atoms with van der Waals surface area (Å²) in [6, 6.07) is 0. The molecule has 0 aromatic heterocycles. The van der Waals surface area contributed by atoms with Gasteiger partial charge < -0.3 is 14.6 Å². The molecule has 0 rings (SSSR count). The third-order valence-electron chi connectivity index (χ3n) is 8.48. The molecule has 5 nitrogen and oxygen atoms in total. The molecule has 254 valence electrons. The van der Waals surface area contributed by atoms with Crippen LogP contribution in [-0.4, -0.2) is 17.0 Å². The third-order valence-corrected chi connectivity index (χ3v) is 8.48. The van der Waals surface area contributed by atoms with Crippen molar-refractivity contribution >= 4 is 11.9 Å². The van der Waals surface area contributed by atoms with E-state index in [1.54, 1.807) is 0 Å². The number of hydrogen-bond acceptors (Lipinski definition) is 5. The van der Waals surface area contributed by atoms with Gasteiger partial charge in [-0.05, 0) is 12.8 Å². The van der Waals surface area contributed by atoms with Crippen molar-refractivity contribution in [3.05, 3.63) is 12.2 Å². The van der Waals surface area contributed by atoms with Crippen molar-refractivity contribution in [2.24, 2.45) is 0 Å². The maximum atomic E-state index is 11.9. The Kier molecular flexibility index (Phi) is 33.7. The van der Waals surface area contributed by atoms with Gasteiger partial charge in [0, 0.05) is 12.8 Å². The van der Waals surface area contributed by atoms with E-state index in [2.05, 4.69) is 13.8 Å². The number of ether oxygens (including phenoxy) is 2. The molecule has 0 aromatic carbocycles. The normalized spacial score (nSPS) is 11.6. The summed E-state index contributed by atoms with van der Waals surface area (Å²) >= 11 is 0. The second-order valence-corrected chi connectivity index (χ2v) is 12.8. The SMILES string of the molecule is CCCCCCCCCCCCCCCCCC(=O)O/C=C(\O)OC(=O)CCCCCCCCCCCCCCCCC. The van der Waals surface area contributed by atoms with E-state index >= 15 is 0 Å². The van der Waals surface area contributed by atoms with Crippen LogP contribution < -0.4 is 0 Å². The molecule has 43 heavy (non-hydrogen) atoms. The van der Waals surface area contributed by atoms with Crippen molar-refractivity contribution in [2.45, 2.75) is 219 Å². The van der Waals surface area contributed by atoms with E-state index in [4.69, 9.17) is 9.47 Å². The molecule has 0 fully saturated rings. The van der Waals surface area contributed by atoms with Crippen molar-refractivity contribution in [3.63, 3.8) is 0 Å². The van der Waals surface area contributed by atoms with E-state index in [1.807, 2.05) is 0 Å². The van der Waals surface area contributed by atoms with Crippen molar-refractivity contribution < 1.29 is 24.2 Å². The molecule has 1 N–H and O–H groups in total. The van der Waals surface area contributed by atoms with Crippen molar-refractivity contribution in [1.82, 2.24) is 0 Å². The van der Waals surface area contributed by atoms with Crippen LogP contribution in [0.5, 0.6) is 0 Å². The van der Waals surface area contributed by atoms with Crippen LogP contribution in [0, 0.1) is 0 Å². The Labute approximate surface area is 267 Å². The summed E-state index contributed by atoms with van der Waals surface area (Å²) in [4.78, 5) is 23.8. The van der Waals surface area contributed by atoms with E-state index in [-0.39, 0.29) is 6.42 Å². The Morgan fingerprint density at radius 3 is 0.977 bits per heavy atom. The molecule has 0 saturated heterocycles. The summed E-state index contributed by atoms with van der Waals surface area (Å²) in [5.41, 5.74) is 0. The predicted molar refractivity (Wildman–Crippen MR) is 182 cm³/mol. The molecule has 0 aliphatic rings. The lowest BCUT2D eigenvalue weighted by Crippen LogP contribution is -2.06. The van der Waals surface area contributed by atoms with Crippen LogP contribution >= 0.6 is 0 Å². The molecule has 0 spiro atoms. The van der Waals surface area contributed by atoms with Gasteiger partial charge in [-0.1, -0.05) is 194 Å². The highest BCUT2D eigenvalue weighted by Gasteiger charge is 2.08. The summed E-state index contributed by atoms with van der Waals surface area (Å²) in [5, 5.41) is 9.74. The maximum absolute atomic E-state index is 11.9. The van der Waals surface area contributed by atoms with Crippen LogP contribution in [0.2, 0.25) is 0 Å². The summed E-state index contributed by atoms with van der Waals surface area (Å²) in [7, 11) is 0. The summed E-state index contributed by atoms with van der Waals surface area (Å²) < 4.78 is 9.78. The summed E-state index contributed by atoms with van der Waals surface area (Å²) in [6.07, 6.45) is 39.7. The van der Waals surface area contributed by atoms with Gasteiger partial charge in [-0.3, -0.25) is 9.59 Å². The quantitative estimate of drug-likeness (QED) is 0.0447. The van der Waals surface area contributed by atoms with E-state index in [0.29, 0.717) is 6.42 Å². The molecule has 0 heterocycles. The molecule has 0 unspecified atom stereocenters. The zero-order valence-electron chi connectivity index (χ0n) is 28.8. The minimum Gasteiger partial charge on any atom is -0.478 e. The summed E-state index contributed by atoms with van der Waals surface area (Å²) in [6.45, 7) is 4.53. The molecule has 0 amide bonds. The Hall–Kier alpha value is -1.52. The first kappa shape index (κ1) is 41.5. The van der Waals surface area contributed by atoms with Crippen LogP contribution in [-0.2, 0) is 19.1 Å². The lowest BCUT2D eigenvalue weighted by Gasteiger charge is -2.05. The van der Waals surface area contributed by atoms with Gasteiger partial charge in [0.15, 0.2) is 6.26 Å². The van der Waals surface area contributed by atoms with Gasteiger partial charge in [0.2, 0.25) is 0 Å². The molecule has 0 radical (unpaired) electrons. The van der Waals surface area contributed by atoms with Crippen LogP contribution in [0.1, 0.15) is 219 Å². The van der Waals surface area contributed by atoms with Gasteiger partial charge in [0.25, 0.3) is 0 Å². The smallest absolute Gasteiger partial charge is 0.321 e. The monoisotopic (exact) mass is 609 g/mol. The average molecular weight is 609 g/mol. The minimum atomic E-state index is -0.643. The number of unbranched alkanes of at least 4 members (excludes halogenated alkanes) is 28. The molecule has 0 atom stereocenters. The summed E-state index contributed by atoms with van der Waals surface area (Å²) in [5.74, 6) is -1.53. The number of aliphatic hydroxyl groups is 1. The van der Waals surface area contributed by atoms with E-state index in [9.17, 15) is 14.7 Å². The molecular formula is C38H72O5. The van der Waals surface area contributed by atoms with Gasteiger partial charge in [-0.2, -0.15) is 0 Å². The highest BCUT2D eigenvalue weighted by molar-refractivity contribution is 5.71. The fraction of sp³-hybridized carbons (Fsp3) is 0.895. The fourth-order valence-corrected chi connectivity index (χ4v) is 5.65. The van der Waals surface area contributed by atoms with Crippen LogP contribution in [0.25, 0.3) is 0 Å². The number of rotatable bonds is 34. The number of carbonyl (C=O) groups excluding carboxylic acids is 2. The van der Waals surface area contributed by atoms with Crippen LogP contribution in [0.4, 0.5) is 0 Å². The lowest BCUT2D eigenvalue weighted by atomic mass is 10.0. The zero-order chi connectivity index (χ0) is 31.5. The number of aliphatic hydroxyl groups excluding tert-OH is 1. The van der Waals surface area contributed by atoms with Gasteiger partial charge in [0.1, 0.15) is 0 Å². The third kappa shape index (κ3) is 34.8. The Morgan fingerprint density at radius 2 is 0.674 bits per heavy atom. The van der Waals surface area contributed by atoms with Gasteiger partial charge >= 0.3 is 17.9 Å². The maximum Gasteiger partial charge on any atom is 0.321 e. The number of hydrogen-bond donors (Lipinski definition) is 1. The van der Waals surface area contributed by atoms with Crippen LogP contribution in [0.3, 0.4) is 0 Å². The number of carbonyl (C=O) groups is 2. The van der Waals surface area contributed by atoms with Gasteiger partial charge in [0.05, 0.1) is 0 Å². The highest BCUT2D eigenvalue weighted by Crippen LogP contribution is 2.15. The first-order chi connectivity index (χ1) is 21.1. The standard InChI is InChI=1S/C38H72O5/c1-3-5-7-9-11-13-15-17-19-21-23-25-27-29-31-33-36(39)42-35-38(41)43-37(40)34-32-30-28-26-24-22-20-18-16-14-12-10-8-6-4-2/h35,41H,3-34H2,1-2H3/b38-35+. The second-order valence-electron chi connectivity index (χ2n) is 12.8. The minimum absolute atomic E-state index is 0.267. The van der Waals surface area contributed by atoms with Crippen LogP contribution in [0.15, 0.2) is 12.2 Å². The van der Waals surface area contributed by atoms with Crippen molar-refractivity contribution in [2.75, 3.05) is 0 Å². The number of esters is 2. The topological polar surface area (TPSA) is 72.8 Å². The fourth-order valence-electron chi connectivity index (χ4n) is 5.65. The van der Waals surface area contributed by atoms with E-state index < -0.39 is 17.9 Å². The average Bonchev–Trinajstić information content (AvgIpc) is 3.00. The van der Waals surface area contributed by atoms with Gasteiger partial charge in [-0.25, -0.2) is 0 Å². The molecular weight excluding hydrogens is 536 g/mol. The Bertz CT molecular complexity index is 630. The van der Waals surface area contributed by atoms with Crippen molar-refractivity contribution in [1.29, 1.82) is 0 Å². The predicted octanol–water partition coefficient (Wildman–Crippen LogP) is 13.0. The van der Waals surface area contributed by atoms with E-state index in [0.717, 1.165) is 44.8 Å². The lowest BCUT2D eigenvalue weighted by molar-refractivity contribution is -0.146. The molecule has 0 aliphatic carbocycles. The first-order valence-corrected chi connectivity index (χ1v) is 18.9. The first-order valence-electron chi connectivity index (χ1n) is 18.9. The Balaban J connectivity index is 3.46. The van der Waals surface area contributed by atoms with E-state index in [1.165, 1.54) is 154 Å².